The summed E-state index contributed by atoms with van der Waals surface area (Å²) in [7, 11) is 0. The average molecular weight is 222 g/mol. The van der Waals surface area contributed by atoms with Gasteiger partial charge in [0.1, 0.15) is 0 Å². The predicted octanol–water partition coefficient (Wildman–Crippen LogP) is 2.25. The molecule has 16 heavy (non-hydrogen) atoms. The fourth-order valence-electron chi connectivity index (χ4n) is 3.06. The van der Waals surface area contributed by atoms with E-state index in [2.05, 4.69) is 17.1 Å². The summed E-state index contributed by atoms with van der Waals surface area (Å²) in [5.74, 6) is 2.12. The zero-order valence-corrected chi connectivity index (χ0v) is 10.6. The molecule has 2 unspecified atom stereocenters. The first-order chi connectivity index (χ1) is 7.83. The van der Waals surface area contributed by atoms with E-state index >= 15 is 0 Å². The molecule has 1 aliphatic heterocycles. The summed E-state index contributed by atoms with van der Waals surface area (Å²) in [4.78, 5) is 2.74. The van der Waals surface area contributed by atoms with Crippen molar-refractivity contribution in [3.63, 3.8) is 0 Å². The van der Waals surface area contributed by atoms with Gasteiger partial charge in [0.05, 0.1) is 0 Å². The van der Waals surface area contributed by atoms with Crippen LogP contribution in [0.1, 0.15) is 45.4 Å². The molecule has 3 fully saturated rings. The molecule has 2 saturated carbocycles. The maximum absolute atomic E-state index is 3.73. The monoisotopic (exact) mass is 222 g/mol. The minimum Gasteiger partial charge on any atom is -0.311 e. The molecule has 1 saturated heterocycles. The van der Waals surface area contributed by atoms with E-state index in [9.17, 15) is 0 Å². The Morgan fingerprint density at radius 3 is 2.69 bits per heavy atom. The number of nitrogens with zero attached hydrogens (tertiary/aromatic N) is 1. The predicted molar refractivity (Wildman–Crippen MR) is 67.5 cm³/mol. The summed E-state index contributed by atoms with van der Waals surface area (Å²) in [6.07, 6.45) is 8.91. The van der Waals surface area contributed by atoms with Crippen molar-refractivity contribution in [2.75, 3.05) is 19.6 Å². The van der Waals surface area contributed by atoms with E-state index in [1.54, 1.807) is 0 Å². The van der Waals surface area contributed by atoms with E-state index in [4.69, 9.17) is 0 Å². The van der Waals surface area contributed by atoms with Gasteiger partial charge in [-0.2, -0.15) is 0 Å². The van der Waals surface area contributed by atoms with Crippen molar-refractivity contribution < 1.29 is 0 Å². The van der Waals surface area contributed by atoms with Crippen molar-refractivity contribution in [1.82, 2.24) is 10.2 Å². The highest BCUT2D eigenvalue weighted by Crippen LogP contribution is 2.35. The van der Waals surface area contributed by atoms with Crippen LogP contribution in [0.4, 0.5) is 0 Å². The summed E-state index contributed by atoms with van der Waals surface area (Å²) in [6.45, 7) is 6.26. The lowest BCUT2D eigenvalue weighted by Crippen LogP contribution is -2.56. The van der Waals surface area contributed by atoms with E-state index < -0.39 is 0 Å². The van der Waals surface area contributed by atoms with Gasteiger partial charge in [-0.25, -0.2) is 0 Å². The maximum Gasteiger partial charge on any atom is 0.0224 e. The largest absolute Gasteiger partial charge is 0.311 e. The van der Waals surface area contributed by atoms with Crippen LogP contribution in [-0.4, -0.2) is 36.6 Å². The molecule has 0 amide bonds. The molecular weight excluding hydrogens is 196 g/mol. The quantitative estimate of drug-likeness (QED) is 0.767. The molecule has 0 spiro atoms. The molecule has 1 N–H and O–H groups in total. The molecule has 2 heteroatoms. The van der Waals surface area contributed by atoms with Crippen LogP contribution in [0.3, 0.4) is 0 Å². The molecular formula is C14H26N2. The second-order valence-electron chi connectivity index (χ2n) is 6.28. The Morgan fingerprint density at radius 2 is 2.00 bits per heavy atom. The number of piperazine rings is 1. The Hall–Kier alpha value is -0.0800. The van der Waals surface area contributed by atoms with Gasteiger partial charge in [0, 0.05) is 25.2 Å². The van der Waals surface area contributed by atoms with Gasteiger partial charge in [0.25, 0.3) is 0 Å². The van der Waals surface area contributed by atoms with E-state index in [0.717, 1.165) is 23.9 Å². The number of rotatable bonds is 5. The van der Waals surface area contributed by atoms with Crippen LogP contribution in [0.25, 0.3) is 0 Å². The van der Waals surface area contributed by atoms with Gasteiger partial charge in [0.15, 0.2) is 0 Å². The molecule has 0 aromatic carbocycles. The molecule has 1 heterocycles. The summed E-state index contributed by atoms with van der Waals surface area (Å²) >= 11 is 0. The Labute approximate surface area is 99.8 Å². The van der Waals surface area contributed by atoms with E-state index in [0.29, 0.717) is 0 Å². The molecule has 3 rings (SSSR count). The third-order valence-electron chi connectivity index (χ3n) is 4.68. The van der Waals surface area contributed by atoms with Crippen LogP contribution in [0.15, 0.2) is 0 Å². The molecule has 3 aliphatic rings. The summed E-state index contributed by atoms with van der Waals surface area (Å²) in [5, 5.41) is 3.73. The average Bonchev–Trinajstić information content (AvgIpc) is 3.15. The standard InChI is InChI=1S/C14H26N2/c1-11-9-15-14(13-6-7-13)10-16(11)8-2-3-12-4-5-12/h11-15H,2-10H2,1H3. The van der Waals surface area contributed by atoms with Crippen LogP contribution in [0.2, 0.25) is 0 Å². The first-order valence-corrected chi connectivity index (χ1v) is 7.30. The lowest BCUT2D eigenvalue weighted by molar-refractivity contribution is 0.130. The minimum absolute atomic E-state index is 0.759. The fraction of sp³-hybridized carbons (Fsp3) is 1.00. The second-order valence-corrected chi connectivity index (χ2v) is 6.28. The molecule has 0 bridgehead atoms. The second kappa shape index (κ2) is 4.66. The van der Waals surface area contributed by atoms with Gasteiger partial charge >= 0.3 is 0 Å². The smallest absolute Gasteiger partial charge is 0.0224 e. The fourth-order valence-corrected chi connectivity index (χ4v) is 3.06. The third-order valence-corrected chi connectivity index (χ3v) is 4.68. The van der Waals surface area contributed by atoms with Crippen molar-refractivity contribution in [2.24, 2.45) is 11.8 Å². The molecule has 0 aromatic heterocycles. The number of hydrogen-bond donors (Lipinski definition) is 1. The van der Waals surface area contributed by atoms with Crippen LogP contribution in [-0.2, 0) is 0 Å². The number of nitrogens with one attached hydrogen (secondary N) is 1. The van der Waals surface area contributed by atoms with E-state index in [1.807, 2.05) is 0 Å². The van der Waals surface area contributed by atoms with Crippen LogP contribution < -0.4 is 5.32 Å². The van der Waals surface area contributed by atoms with Crippen LogP contribution in [0, 0.1) is 11.8 Å². The van der Waals surface area contributed by atoms with E-state index in [-0.39, 0.29) is 0 Å². The van der Waals surface area contributed by atoms with Gasteiger partial charge in [-0.1, -0.05) is 12.8 Å². The highest BCUT2D eigenvalue weighted by molar-refractivity contribution is 4.93. The lowest BCUT2D eigenvalue weighted by atomic mass is 10.1. The van der Waals surface area contributed by atoms with Gasteiger partial charge in [-0.3, -0.25) is 4.90 Å². The van der Waals surface area contributed by atoms with Gasteiger partial charge < -0.3 is 5.32 Å². The highest BCUT2D eigenvalue weighted by Gasteiger charge is 2.35. The molecule has 92 valence electrons. The van der Waals surface area contributed by atoms with Crippen molar-refractivity contribution in [3.8, 4) is 0 Å². The summed E-state index contributed by atoms with van der Waals surface area (Å²) < 4.78 is 0. The first kappa shape index (κ1) is 11.0. The Bertz CT molecular complexity index is 233. The van der Waals surface area contributed by atoms with Crippen LogP contribution >= 0.6 is 0 Å². The summed E-state index contributed by atoms with van der Waals surface area (Å²) in [6, 6.07) is 1.58. The van der Waals surface area contributed by atoms with Crippen molar-refractivity contribution in [2.45, 2.75) is 57.5 Å². The normalized spacial score (nSPS) is 36.6. The maximum atomic E-state index is 3.73. The Morgan fingerprint density at radius 1 is 1.19 bits per heavy atom. The van der Waals surface area contributed by atoms with Gasteiger partial charge in [-0.15, -0.1) is 0 Å². The van der Waals surface area contributed by atoms with Gasteiger partial charge in [-0.05, 0) is 51.0 Å². The summed E-state index contributed by atoms with van der Waals surface area (Å²) in [5.41, 5.74) is 0. The molecule has 2 aliphatic carbocycles. The van der Waals surface area contributed by atoms with E-state index in [1.165, 1.54) is 58.2 Å². The topological polar surface area (TPSA) is 15.3 Å². The Balaban J connectivity index is 1.42. The molecule has 0 radical (unpaired) electrons. The molecule has 0 aromatic rings. The van der Waals surface area contributed by atoms with Gasteiger partial charge in [0.2, 0.25) is 0 Å². The zero-order valence-electron chi connectivity index (χ0n) is 10.6. The molecule has 2 nitrogen and oxygen atoms in total. The van der Waals surface area contributed by atoms with Crippen LogP contribution in [0.5, 0.6) is 0 Å². The van der Waals surface area contributed by atoms with Crippen molar-refractivity contribution >= 4 is 0 Å². The van der Waals surface area contributed by atoms with Crippen molar-refractivity contribution in [3.05, 3.63) is 0 Å². The first-order valence-electron chi connectivity index (χ1n) is 7.30. The highest BCUT2D eigenvalue weighted by atomic mass is 15.2. The Kier molecular flexibility index (Phi) is 3.21. The minimum atomic E-state index is 0.759. The number of hydrogen-bond acceptors (Lipinski definition) is 2. The van der Waals surface area contributed by atoms with Crippen molar-refractivity contribution in [1.29, 1.82) is 0 Å². The molecule has 2 atom stereocenters. The third kappa shape index (κ3) is 2.78. The SMILES string of the molecule is CC1CNC(C2CC2)CN1CCCC1CC1. The lowest BCUT2D eigenvalue weighted by Gasteiger charge is -2.39. The zero-order chi connectivity index (χ0) is 11.0.